The minimum absolute atomic E-state index is 0.773. The Kier molecular flexibility index (Phi) is 6.83. The van der Waals surface area contributed by atoms with E-state index >= 15 is 0 Å². The molecule has 23 heavy (non-hydrogen) atoms. The van der Waals surface area contributed by atoms with E-state index in [2.05, 4.69) is 30.6 Å². The van der Waals surface area contributed by atoms with Gasteiger partial charge in [-0.25, -0.2) is 0 Å². The number of benzene rings is 2. The number of ether oxygens (including phenoxy) is 1. The summed E-state index contributed by atoms with van der Waals surface area (Å²) in [6.07, 6.45) is 3.10. The highest BCUT2D eigenvalue weighted by atomic mass is 16.5. The molecule has 0 radical (unpaired) electrons. The second-order valence-corrected chi connectivity index (χ2v) is 5.21. The van der Waals surface area contributed by atoms with Crippen molar-refractivity contribution in [1.82, 2.24) is 0 Å². The highest BCUT2D eigenvalue weighted by Crippen LogP contribution is 2.12. The maximum absolute atomic E-state index is 5.65. The quantitative estimate of drug-likeness (QED) is 0.569. The van der Waals surface area contributed by atoms with Crippen LogP contribution in [0.15, 0.2) is 48.5 Å². The van der Waals surface area contributed by atoms with Gasteiger partial charge in [0.1, 0.15) is 5.75 Å². The normalized spacial score (nSPS) is 9.30. The smallest absolute Gasteiger partial charge is 0.119 e. The Morgan fingerprint density at radius 1 is 0.739 bits per heavy atom. The predicted octanol–water partition coefficient (Wildman–Crippen LogP) is 5.03. The summed E-state index contributed by atoms with van der Waals surface area (Å²) in [5.41, 5.74) is 3.02. The zero-order valence-corrected chi connectivity index (χ0v) is 13.9. The van der Waals surface area contributed by atoms with Gasteiger partial charge in [0.2, 0.25) is 0 Å². The minimum atomic E-state index is 0.773. The third kappa shape index (κ3) is 5.93. The van der Waals surface area contributed by atoms with Gasteiger partial charge in [-0.3, -0.25) is 0 Å². The van der Waals surface area contributed by atoms with Crippen LogP contribution in [0.25, 0.3) is 0 Å². The average molecular weight is 302 g/mol. The van der Waals surface area contributed by atoms with E-state index in [9.17, 15) is 0 Å². The van der Waals surface area contributed by atoms with Crippen LogP contribution in [-0.2, 0) is 0 Å². The van der Waals surface area contributed by atoms with Crippen LogP contribution in [0.3, 0.4) is 0 Å². The standard InChI is InChI=1S/C22H22O/c1-3-5-7-19-8-10-20(11-9-19)12-13-21-14-16-22(17-15-21)23-18-6-4-2/h8-11,14-17H,3-4,6,18H2,1-2H3. The van der Waals surface area contributed by atoms with Crippen molar-refractivity contribution in [2.45, 2.75) is 33.1 Å². The molecule has 0 spiro atoms. The Hall–Kier alpha value is -2.64. The first kappa shape index (κ1) is 16.7. The first-order valence-electron chi connectivity index (χ1n) is 8.15. The lowest BCUT2D eigenvalue weighted by atomic mass is 10.1. The van der Waals surface area contributed by atoms with Crippen molar-refractivity contribution in [1.29, 1.82) is 0 Å². The average Bonchev–Trinajstić information content (AvgIpc) is 2.60. The minimum Gasteiger partial charge on any atom is -0.494 e. The summed E-state index contributed by atoms with van der Waals surface area (Å²) in [7, 11) is 0. The van der Waals surface area contributed by atoms with E-state index in [0.29, 0.717) is 0 Å². The molecule has 0 N–H and O–H groups in total. The number of rotatable bonds is 4. The summed E-state index contributed by atoms with van der Waals surface area (Å²) >= 11 is 0. The molecule has 0 fully saturated rings. The van der Waals surface area contributed by atoms with Crippen molar-refractivity contribution in [3.8, 4) is 29.4 Å². The lowest BCUT2D eigenvalue weighted by Gasteiger charge is -2.04. The molecular weight excluding hydrogens is 280 g/mol. The zero-order valence-electron chi connectivity index (χ0n) is 13.9. The topological polar surface area (TPSA) is 9.23 Å². The highest BCUT2D eigenvalue weighted by Gasteiger charge is 1.93. The van der Waals surface area contributed by atoms with Crippen molar-refractivity contribution < 1.29 is 4.74 Å². The van der Waals surface area contributed by atoms with Gasteiger partial charge in [0.15, 0.2) is 0 Å². The molecule has 0 aliphatic rings. The summed E-state index contributed by atoms with van der Waals surface area (Å²) in [4.78, 5) is 0. The first-order chi connectivity index (χ1) is 11.3. The fourth-order valence-electron chi connectivity index (χ4n) is 1.94. The maximum Gasteiger partial charge on any atom is 0.119 e. The van der Waals surface area contributed by atoms with E-state index in [1.54, 1.807) is 0 Å². The molecule has 1 nitrogen and oxygen atoms in total. The molecule has 2 aromatic rings. The van der Waals surface area contributed by atoms with Gasteiger partial charge in [-0.15, -0.1) is 0 Å². The van der Waals surface area contributed by atoms with Crippen LogP contribution in [0.5, 0.6) is 5.75 Å². The third-order valence-corrected chi connectivity index (χ3v) is 3.27. The van der Waals surface area contributed by atoms with E-state index in [1.165, 1.54) is 0 Å². The van der Waals surface area contributed by atoms with Crippen LogP contribution in [0.2, 0.25) is 0 Å². The summed E-state index contributed by atoms with van der Waals surface area (Å²) in [6, 6.07) is 16.0. The Morgan fingerprint density at radius 3 is 1.78 bits per heavy atom. The fourth-order valence-corrected chi connectivity index (χ4v) is 1.94. The van der Waals surface area contributed by atoms with Crippen LogP contribution < -0.4 is 4.74 Å². The molecule has 0 amide bonds. The summed E-state index contributed by atoms with van der Waals surface area (Å²) in [5.74, 6) is 13.4. The first-order valence-corrected chi connectivity index (χ1v) is 8.15. The van der Waals surface area contributed by atoms with Gasteiger partial charge < -0.3 is 4.74 Å². The van der Waals surface area contributed by atoms with E-state index < -0.39 is 0 Å². The number of unbranched alkanes of at least 4 members (excludes halogenated alkanes) is 1. The Labute approximate surface area is 139 Å². The van der Waals surface area contributed by atoms with Gasteiger partial charge in [0.25, 0.3) is 0 Å². The van der Waals surface area contributed by atoms with Crippen LogP contribution in [-0.4, -0.2) is 6.61 Å². The molecule has 0 aliphatic heterocycles. The molecule has 0 aliphatic carbocycles. The van der Waals surface area contributed by atoms with Crippen molar-refractivity contribution >= 4 is 0 Å². The molecule has 0 aromatic heterocycles. The SMILES string of the molecule is CCC#Cc1ccc(C#Cc2ccc(OCCCC)cc2)cc1. The molecule has 0 saturated heterocycles. The van der Waals surface area contributed by atoms with Crippen molar-refractivity contribution in [3.63, 3.8) is 0 Å². The lowest BCUT2D eigenvalue weighted by molar-refractivity contribution is 0.309. The van der Waals surface area contributed by atoms with E-state index in [0.717, 1.165) is 48.3 Å². The molecule has 0 heterocycles. The van der Waals surface area contributed by atoms with Crippen molar-refractivity contribution in [2.24, 2.45) is 0 Å². The molecule has 0 bridgehead atoms. The predicted molar refractivity (Wildman–Crippen MR) is 96.4 cm³/mol. The summed E-state index contributed by atoms with van der Waals surface area (Å²) in [6.45, 7) is 4.98. The van der Waals surface area contributed by atoms with Crippen LogP contribution in [0.4, 0.5) is 0 Å². The van der Waals surface area contributed by atoms with Crippen molar-refractivity contribution in [2.75, 3.05) is 6.61 Å². The van der Waals surface area contributed by atoms with Gasteiger partial charge in [-0.2, -0.15) is 0 Å². The van der Waals surface area contributed by atoms with Gasteiger partial charge >= 0.3 is 0 Å². The summed E-state index contributed by atoms with van der Waals surface area (Å²) in [5, 5.41) is 0. The van der Waals surface area contributed by atoms with Crippen molar-refractivity contribution in [3.05, 3.63) is 65.2 Å². The molecule has 1 heteroatoms. The Bertz CT molecular complexity index is 716. The van der Waals surface area contributed by atoms with Gasteiger partial charge in [-0.05, 0) is 55.0 Å². The van der Waals surface area contributed by atoms with Crippen LogP contribution >= 0.6 is 0 Å². The third-order valence-electron chi connectivity index (χ3n) is 3.27. The molecule has 0 saturated carbocycles. The zero-order chi connectivity index (χ0) is 16.3. The molecule has 116 valence electrons. The summed E-state index contributed by atoms with van der Waals surface area (Å²) < 4.78 is 5.65. The molecule has 2 rings (SSSR count). The Balaban J connectivity index is 1.98. The monoisotopic (exact) mass is 302 g/mol. The molecule has 0 unspecified atom stereocenters. The lowest BCUT2D eigenvalue weighted by Crippen LogP contribution is -1.95. The molecule has 2 aromatic carbocycles. The van der Waals surface area contributed by atoms with E-state index in [-0.39, 0.29) is 0 Å². The fraction of sp³-hybridized carbons (Fsp3) is 0.273. The second kappa shape index (κ2) is 9.39. The van der Waals surface area contributed by atoms with E-state index in [4.69, 9.17) is 4.74 Å². The van der Waals surface area contributed by atoms with Gasteiger partial charge in [0.05, 0.1) is 6.61 Å². The largest absolute Gasteiger partial charge is 0.494 e. The van der Waals surface area contributed by atoms with Crippen LogP contribution in [0, 0.1) is 23.7 Å². The molecular formula is C22H22O. The second-order valence-electron chi connectivity index (χ2n) is 5.21. The number of hydrogen-bond donors (Lipinski definition) is 0. The van der Waals surface area contributed by atoms with Gasteiger partial charge in [0, 0.05) is 23.1 Å². The maximum atomic E-state index is 5.65. The number of hydrogen-bond acceptors (Lipinski definition) is 1. The molecule has 0 atom stereocenters. The van der Waals surface area contributed by atoms with Gasteiger partial charge in [-0.1, -0.05) is 44.0 Å². The van der Waals surface area contributed by atoms with E-state index in [1.807, 2.05) is 55.5 Å². The Morgan fingerprint density at radius 2 is 1.26 bits per heavy atom. The highest BCUT2D eigenvalue weighted by molar-refractivity contribution is 5.46. The van der Waals surface area contributed by atoms with Crippen LogP contribution in [0.1, 0.15) is 49.8 Å².